The molecule has 2 amide bonds. The zero-order valence-corrected chi connectivity index (χ0v) is 17.1. The number of nitriles is 1. The molecule has 9 heteroatoms. The summed E-state index contributed by atoms with van der Waals surface area (Å²) in [5, 5.41) is 25.6. The second-order valence-corrected chi connectivity index (χ2v) is 7.73. The van der Waals surface area contributed by atoms with Crippen LogP contribution < -0.4 is 10.6 Å². The number of rotatable bonds is 6. The molecule has 1 aromatic heterocycles. The highest BCUT2D eigenvalue weighted by Crippen LogP contribution is 2.31. The van der Waals surface area contributed by atoms with E-state index in [1.165, 1.54) is 0 Å². The topological polar surface area (TPSA) is 120 Å². The standard InChI is InChI=1S/C22H25N5O4/c1-27(10-8-15-6-2-3-9-24-15)19-20(28)18(17-13-30-21(19)31-17)26-22(29)25-16-7-4-5-14(11-16)12-23/h2-7,9,11,17-21,28H,8,10,13H2,1H3,(H2,25,26,29)/t17-,18+,19-,20-,21+/m0/s1. The molecule has 5 atom stereocenters. The first kappa shape index (κ1) is 21.2. The summed E-state index contributed by atoms with van der Waals surface area (Å²) in [5.41, 5.74) is 1.90. The lowest BCUT2D eigenvalue weighted by atomic mass is 9.95. The van der Waals surface area contributed by atoms with Crippen LogP contribution in [0, 0.1) is 11.3 Å². The molecule has 162 valence electrons. The van der Waals surface area contributed by atoms with Gasteiger partial charge in [0.15, 0.2) is 6.29 Å². The molecule has 0 saturated carbocycles. The van der Waals surface area contributed by atoms with Gasteiger partial charge in [-0.15, -0.1) is 0 Å². The second kappa shape index (κ2) is 9.41. The Balaban J connectivity index is 1.39. The number of aliphatic hydroxyl groups is 1. The van der Waals surface area contributed by atoms with Crippen LogP contribution in [0.3, 0.4) is 0 Å². The van der Waals surface area contributed by atoms with E-state index in [-0.39, 0.29) is 0 Å². The first-order valence-electron chi connectivity index (χ1n) is 10.2. The van der Waals surface area contributed by atoms with Gasteiger partial charge in [0.25, 0.3) is 0 Å². The number of aliphatic hydroxyl groups excluding tert-OH is 1. The first-order chi connectivity index (χ1) is 15.0. The number of amides is 2. The Morgan fingerprint density at radius 3 is 3.00 bits per heavy atom. The average Bonchev–Trinajstić information content (AvgIpc) is 3.21. The molecular weight excluding hydrogens is 398 g/mol. The number of carbonyl (C=O) groups is 1. The summed E-state index contributed by atoms with van der Waals surface area (Å²) in [4.78, 5) is 18.9. The number of carbonyl (C=O) groups excluding carboxylic acids is 1. The minimum atomic E-state index is -0.879. The fraction of sp³-hybridized carbons (Fsp3) is 0.409. The van der Waals surface area contributed by atoms with Gasteiger partial charge >= 0.3 is 6.03 Å². The summed E-state index contributed by atoms with van der Waals surface area (Å²) in [6, 6.07) is 12.9. The molecule has 2 fully saturated rings. The number of fused-ring (bicyclic) bond motifs is 2. The van der Waals surface area contributed by atoms with Crippen molar-refractivity contribution >= 4 is 11.7 Å². The van der Waals surface area contributed by atoms with Gasteiger partial charge in [-0.3, -0.25) is 9.88 Å². The highest BCUT2D eigenvalue weighted by atomic mass is 16.7. The fourth-order valence-electron chi connectivity index (χ4n) is 4.02. The molecule has 2 aliphatic heterocycles. The Morgan fingerprint density at radius 1 is 1.35 bits per heavy atom. The van der Waals surface area contributed by atoms with Crippen molar-refractivity contribution in [2.24, 2.45) is 0 Å². The van der Waals surface area contributed by atoms with Crippen molar-refractivity contribution < 1.29 is 19.4 Å². The number of nitrogens with one attached hydrogen (secondary N) is 2. The maximum atomic E-state index is 12.6. The maximum absolute atomic E-state index is 12.6. The van der Waals surface area contributed by atoms with E-state index in [9.17, 15) is 9.90 Å². The van der Waals surface area contributed by atoms with E-state index in [1.54, 1.807) is 30.5 Å². The third kappa shape index (κ3) is 4.84. The second-order valence-electron chi connectivity index (χ2n) is 7.73. The van der Waals surface area contributed by atoms with E-state index < -0.39 is 36.6 Å². The lowest BCUT2D eigenvalue weighted by molar-refractivity contribution is -0.176. The van der Waals surface area contributed by atoms with Crippen molar-refractivity contribution in [1.29, 1.82) is 5.26 Å². The van der Waals surface area contributed by atoms with Crippen molar-refractivity contribution in [3.63, 3.8) is 0 Å². The van der Waals surface area contributed by atoms with E-state index in [0.717, 1.165) is 5.69 Å². The Morgan fingerprint density at radius 2 is 2.23 bits per heavy atom. The lowest BCUT2D eigenvalue weighted by Gasteiger charge is -2.42. The molecule has 0 radical (unpaired) electrons. The Hall–Kier alpha value is -3.03. The number of nitrogens with zero attached hydrogens (tertiary/aromatic N) is 3. The van der Waals surface area contributed by atoms with Gasteiger partial charge in [-0.2, -0.15) is 5.26 Å². The van der Waals surface area contributed by atoms with Crippen LogP contribution in [-0.2, 0) is 15.9 Å². The van der Waals surface area contributed by atoms with Gasteiger partial charge in [-0.25, -0.2) is 4.79 Å². The summed E-state index contributed by atoms with van der Waals surface area (Å²) in [7, 11) is 1.90. The molecule has 3 heterocycles. The summed E-state index contributed by atoms with van der Waals surface area (Å²) < 4.78 is 11.7. The molecular formula is C22H25N5O4. The van der Waals surface area contributed by atoms with Gasteiger partial charge in [0.05, 0.1) is 36.4 Å². The van der Waals surface area contributed by atoms with E-state index in [0.29, 0.717) is 30.8 Å². The molecule has 2 aliphatic rings. The molecule has 2 saturated heterocycles. The van der Waals surface area contributed by atoms with E-state index in [4.69, 9.17) is 14.7 Å². The van der Waals surface area contributed by atoms with Gasteiger partial charge in [0.1, 0.15) is 6.10 Å². The van der Waals surface area contributed by atoms with Crippen LogP contribution in [0.5, 0.6) is 0 Å². The molecule has 0 aliphatic carbocycles. The van der Waals surface area contributed by atoms with E-state index >= 15 is 0 Å². The fourth-order valence-corrected chi connectivity index (χ4v) is 4.02. The molecule has 2 bridgehead atoms. The Labute approximate surface area is 180 Å². The quantitative estimate of drug-likeness (QED) is 0.636. The minimum absolute atomic E-state index is 0.293. The summed E-state index contributed by atoms with van der Waals surface area (Å²) in [6.45, 7) is 0.938. The zero-order valence-electron chi connectivity index (χ0n) is 17.1. The van der Waals surface area contributed by atoms with Crippen molar-refractivity contribution in [1.82, 2.24) is 15.2 Å². The van der Waals surface area contributed by atoms with Crippen molar-refractivity contribution in [3.8, 4) is 6.07 Å². The summed E-state index contributed by atoms with van der Waals surface area (Å²) in [5.74, 6) is 0. The molecule has 1 aromatic carbocycles. The van der Waals surface area contributed by atoms with Gasteiger partial charge in [0.2, 0.25) is 0 Å². The molecule has 0 unspecified atom stereocenters. The van der Waals surface area contributed by atoms with Crippen LogP contribution in [-0.4, -0.2) is 71.8 Å². The zero-order chi connectivity index (χ0) is 21.8. The number of urea groups is 1. The van der Waals surface area contributed by atoms with Crippen molar-refractivity contribution in [2.45, 2.75) is 37.0 Å². The van der Waals surface area contributed by atoms with Crippen LogP contribution in [0.4, 0.5) is 10.5 Å². The van der Waals surface area contributed by atoms with Crippen LogP contribution >= 0.6 is 0 Å². The molecule has 2 aromatic rings. The summed E-state index contributed by atoms with van der Waals surface area (Å²) >= 11 is 0. The van der Waals surface area contributed by atoms with Crippen molar-refractivity contribution in [3.05, 3.63) is 59.9 Å². The number of ether oxygens (including phenoxy) is 2. The van der Waals surface area contributed by atoms with Crippen LogP contribution in [0.1, 0.15) is 11.3 Å². The van der Waals surface area contributed by atoms with Gasteiger partial charge in [-0.1, -0.05) is 12.1 Å². The third-order valence-corrected chi connectivity index (χ3v) is 5.63. The number of anilines is 1. The largest absolute Gasteiger partial charge is 0.389 e. The predicted octanol–water partition coefficient (Wildman–Crippen LogP) is 1.10. The summed E-state index contributed by atoms with van der Waals surface area (Å²) in [6.07, 6.45) is 0.600. The van der Waals surface area contributed by atoms with Gasteiger partial charge in [-0.05, 0) is 37.4 Å². The number of hydrogen-bond donors (Lipinski definition) is 3. The van der Waals surface area contributed by atoms with Crippen LogP contribution in [0.25, 0.3) is 0 Å². The Bertz CT molecular complexity index is 950. The molecule has 0 spiro atoms. The lowest BCUT2D eigenvalue weighted by Crippen LogP contribution is -2.65. The molecule has 3 N–H and O–H groups in total. The normalized spacial score (nSPS) is 27.0. The highest BCUT2D eigenvalue weighted by molar-refractivity contribution is 5.89. The molecule has 31 heavy (non-hydrogen) atoms. The average molecular weight is 423 g/mol. The SMILES string of the molecule is CN(CCc1ccccn1)[C@@H]1[C@@H]2OC[C@H](O2)[C@@H](NC(=O)Nc2cccc(C#N)c2)[C@@H]1O. The Kier molecular flexibility index (Phi) is 6.44. The van der Waals surface area contributed by atoms with E-state index in [2.05, 4.69) is 15.6 Å². The van der Waals surface area contributed by atoms with Gasteiger partial charge < -0.3 is 25.2 Å². The molecule has 4 rings (SSSR count). The predicted molar refractivity (Wildman–Crippen MR) is 112 cm³/mol. The van der Waals surface area contributed by atoms with Crippen LogP contribution in [0.15, 0.2) is 48.7 Å². The smallest absolute Gasteiger partial charge is 0.319 e. The maximum Gasteiger partial charge on any atom is 0.319 e. The highest BCUT2D eigenvalue weighted by Gasteiger charge is 2.51. The number of benzene rings is 1. The van der Waals surface area contributed by atoms with Crippen LogP contribution in [0.2, 0.25) is 0 Å². The van der Waals surface area contributed by atoms with Gasteiger partial charge in [0, 0.05) is 30.5 Å². The number of likely N-dealkylation sites (N-methyl/N-ethyl adjacent to an activating group) is 1. The monoisotopic (exact) mass is 423 g/mol. The number of pyridine rings is 1. The number of aromatic nitrogens is 1. The number of hydrogen-bond acceptors (Lipinski definition) is 7. The van der Waals surface area contributed by atoms with Crippen molar-refractivity contribution in [2.75, 3.05) is 25.5 Å². The van der Waals surface area contributed by atoms with E-state index in [1.807, 2.05) is 36.2 Å². The third-order valence-electron chi connectivity index (χ3n) is 5.63. The molecule has 9 nitrogen and oxygen atoms in total. The first-order valence-corrected chi connectivity index (χ1v) is 10.2. The minimum Gasteiger partial charge on any atom is -0.389 e.